The molecule has 0 spiro atoms. The van der Waals surface area contributed by atoms with Crippen LogP contribution in [0.25, 0.3) is 0 Å². The zero-order valence-electron chi connectivity index (χ0n) is 13.5. The molecule has 2 rings (SSSR count). The molecule has 0 aliphatic carbocycles. The van der Waals surface area contributed by atoms with Gasteiger partial charge in [0, 0.05) is 11.8 Å². The fraction of sp³-hybridized carbons (Fsp3) is 0.235. The van der Waals surface area contributed by atoms with E-state index in [4.69, 9.17) is 23.2 Å². The van der Waals surface area contributed by atoms with Crippen molar-refractivity contribution in [1.82, 2.24) is 15.8 Å². The molecular weight excluding hydrogens is 349 g/mol. The summed E-state index contributed by atoms with van der Waals surface area (Å²) in [5, 5.41) is 0.268. The summed E-state index contributed by atoms with van der Waals surface area (Å²) in [6.07, 6.45) is 1.27. The molecule has 2 amide bonds. The summed E-state index contributed by atoms with van der Waals surface area (Å²) in [7, 11) is 0. The molecular formula is C17H17Cl2N3O2. The Morgan fingerprint density at radius 3 is 2.00 bits per heavy atom. The molecule has 126 valence electrons. The van der Waals surface area contributed by atoms with Crippen molar-refractivity contribution in [3.8, 4) is 0 Å². The average Bonchev–Trinajstić information content (AvgIpc) is 2.54. The van der Waals surface area contributed by atoms with Gasteiger partial charge in [-0.2, -0.15) is 0 Å². The van der Waals surface area contributed by atoms with E-state index in [0.717, 1.165) is 5.56 Å². The molecule has 0 unspecified atom stereocenters. The van der Waals surface area contributed by atoms with Gasteiger partial charge in [0.25, 0.3) is 11.8 Å². The second-order valence-corrected chi connectivity index (χ2v) is 7.00. The number of benzene rings is 1. The molecule has 0 aliphatic rings. The standard InChI is InChI=1S/C17H17Cl2N3O2/c1-17(2,3)12-6-4-10(5-7-12)15(23)21-22-16(24)11-8-13(18)14(19)20-9-11/h4-9H,1-3H3,(H,21,23)(H,22,24). The van der Waals surface area contributed by atoms with E-state index >= 15 is 0 Å². The van der Waals surface area contributed by atoms with Gasteiger partial charge in [-0.05, 0) is 29.2 Å². The minimum Gasteiger partial charge on any atom is -0.267 e. The fourth-order valence-corrected chi connectivity index (χ4v) is 2.19. The first kappa shape index (κ1) is 18.2. The predicted octanol–water partition coefficient (Wildman–Crippen LogP) is 3.76. The zero-order valence-corrected chi connectivity index (χ0v) is 15.0. The normalized spacial score (nSPS) is 11.0. The van der Waals surface area contributed by atoms with E-state index in [1.807, 2.05) is 12.1 Å². The first-order valence-corrected chi connectivity index (χ1v) is 7.96. The Labute approximate surface area is 150 Å². The number of rotatable bonds is 2. The molecule has 0 atom stereocenters. The van der Waals surface area contributed by atoms with Gasteiger partial charge >= 0.3 is 0 Å². The maximum Gasteiger partial charge on any atom is 0.271 e. The molecule has 24 heavy (non-hydrogen) atoms. The lowest BCUT2D eigenvalue weighted by Gasteiger charge is -2.19. The summed E-state index contributed by atoms with van der Waals surface area (Å²) in [5.74, 6) is -0.961. The number of amides is 2. The van der Waals surface area contributed by atoms with Crippen LogP contribution >= 0.6 is 23.2 Å². The lowest BCUT2D eigenvalue weighted by molar-refractivity contribution is 0.0846. The van der Waals surface area contributed by atoms with Gasteiger partial charge in [0.1, 0.15) is 5.15 Å². The molecule has 0 saturated carbocycles. The second kappa shape index (κ2) is 7.20. The quantitative estimate of drug-likeness (QED) is 0.628. The minimum absolute atomic E-state index is 0.00404. The molecule has 0 aliphatic heterocycles. The van der Waals surface area contributed by atoms with Gasteiger partial charge in [0.2, 0.25) is 0 Å². The number of nitrogens with one attached hydrogen (secondary N) is 2. The summed E-state index contributed by atoms with van der Waals surface area (Å²) in [5.41, 5.74) is 6.40. The topological polar surface area (TPSA) is 71.1 Å². The van der Waals surface area contributed by atoms with Crippen LogP contribution in [-0.2, 0) is 5.41 Å². The van der Waals surface area contributed by atoms with Gasteiger partial charge in [0.15, 0.2) is 0 Å². The van der Waals surface area contributed by atoms with Crippen molar-refractivity contribution in [3.63, 3.8) is 0 Å². The Morgan fingerprint density at radius 2 is 1.50 bits per heavy atom. The highest BCUT2D eigenvalue weighted by atomic mass is 35.5. The van der Waals surface area contributed by atoms with Crippen LogP contribution in [-0.4, -0.2) is 16.8 Å². The SMILES string of the molecule is CC(C)(C)c1ccc(C(=O)NNC(=O)c2cnc(Cl)c(Cl)c2)cc1. The number of hydrazine groups is 1. The number of hydrogen-bond acceptors (Lipinski definition) is 3. The Morgan fingerprint density at radius 1 is 0.958 bits per heavy atom. The Balaban J connectivity index is 1.99. The van der Waals surface area contributed by atoms with Crippen LogP contribution in [0, 0.1) is 0 Å². The van der Waals surface area contributed by atoms with E-state index in [-0.39, 0.29) is 21.2 Å². The summed E-state index contributed by atoms with van der Waals surface area (Å²) in [4.78, 5) is 27.8. The highest BCUT2D eigenvalue weighted by Gasteiger charge is 2.15. The molecule has 2 N–H and O–H groups in total. The van der Waals surface area contributed by atoms with E-state index < -0.39 is 11.8 Å². The molecule has 1 heterocycles. The number of carbonyl (C=O) groups excluding carboxylic acids is 2. The molecule has 7 heteroatoms. The van der Waals surface area contributed by atoms with Gasteiger partial charge < -0.3 is 0 Å². The van der Waals surface area contributed by atoms with E-state index in [2.05, 4.69) is 36.6 Å². The third kappa shape index (κ3) is 4.46. The van der Waals surface area contributed by atoms with E-state index in [0.29, 0.717) is 5.56 Å². The monoisotopic (exact) mass is 365 g/mol. The molecule has 5 nitrogen and oxygen atoms in total. The minimum atomic E-state index is -0.541. The summed E-state index contributed by atoms with van der Waals surface area (Å²) in [6, 6.07) is 8.57. The number of pyridine rings is 1. The predicted molar refractivity (Wildman–Crippen MR) is 94.3 cm³/mol. The molecule has 1 aromatic carbocycles. The third-order valence-electron chi connectivity index (χ3n) is 3.36. The first-order chi connectivity index (χ1) is 11.2. The Kier molecular flexibility index (Phi) is 5.47. The Bertz CT molecular complexity index is 768. The van der Waals surface area contributed by atoms with Crippen molar-refractivity contribution >= 4 is 35.0 Å². The van der Waals surface area contributed by atoms with Crippen LogP contribution in [0.3, 0.4) is 0 Å². The lowest BCUT2D eigenvalue weighted by Crippen LogP contribution is -2.41. The molecule has 2 aromatic rings. The smallest absolute Gasteiger partial charge is 0.267 e. The zero-order chi connectivity index (χ0) is 17.9. The maximum absolute atomic E-state index is 12.1. The van der Waals surface area contributed by atoms with Gasteiger partial charge in [0.05, 0.1) is 10.6 Å². The number of aromatic nitrogens is 1. The second-order valence-electron chi connectivity index (χ2n) is 6.23. The first-order valence-electron chi connectivity index (χ1n) is 7.21. The van der Waals surface area contributed by atoms with Gasteiger partial charge in [-0.3, -0.25) is 20.4 Å². The largest absolute Gasteiger partial charge is 0.271 e. The van der Waals surface area contributed by atoms with E-state index in [1.165, 1.54) is 12.3 Å². The van der Waals surface area contributed by atoms with Crippen molar-refractivity contribution in [2.75, 3.05) is 0 Å². The van der Waals surface area contributed by atoms with Crippen molar-refractivity contribution in [3.05, 3.63) is 63.4 Å². The lowest BCUT2D eigenvalue weighted by atomic mass is 9.87. The van der Waals surface area contributed by atoms with Crippen molar-refractivity contribution in [1.29, 1.82) is 0 Å². The molecule has 1 aromatic heterocycles. The number of hydrogen-bond donors (Lipinski definition) is 2. The van der Waals surface area contributed by atoms with E-state index in [9.17, 15) is 9.59 Å². The van der Waals surface area contributed by atoms with Crippen LogP contribution in [0.1, 0.15) is 47.1 Å². The highest BCUT2D eigenvalue weighted by molar-refractivity contribution is 6.41. The fourth-order valence-electron chi connectivity index (χ4n) is 1.92. The van der Waals surface area contributed by atoms with Gasteiger partial charge in [-0.25, -0.2) is 4.98 Å². The molecule has 0 bridgehead atoms. The molecule has 0 fully saturated rings. The Hall–Kier alpha value is -2.11. The van der Waals surface area contributed by atoms with Crippen molar-refractivity contribution in [2.45, 2.75) is 26.2 Å². The average molecular weight is 366 g/mol. The third-order valence-corrected chi connectivity index (χ3v) is 4.05. The number of carbonyl (C=O) groups is 2. The van der Waals surface area contributed by atoms with Crippen molar-refractivity contribution in [2.24, 2.45) is 0 Å². The van der Waals surface area contributed by atoms with Gasteiger partial charge in [-0.15, -0.1) is 0 Å². The highest BCUT2D eigenvalue weighted by Crippen LogP contribution is 2.22. The van der Waals surface area contributed by atoms with Crippen LogP contribution in [0.4, 0.5) is 0 Å². The molecule has 0 saturated heterocycles. The molecule has 0 radical (unpaired) electrons. The van der Waals surface area contributed by atoms with Crippen LogP contribution in [0.5, 0.6) is 0 Å². The maximum atomic E-state index is 12.1. The number of halogens is 2. The van der Waals surface area contributed by atoms with Crippen LogP contribution < -0.4 is 10.9 Å². The van der Waals surface area contributed by atoms with Crippen LogP contribution in [0.2, 0.25) is 10.2 Å². The van der Waals surface area contributed by atoms with Crippen molar-refractivity contribution < 1.29 is 9.59 Å². The number of nitrogens with zero attached hydrogens (tertiary/aromatic N) is 1. The summed E-state index contributed by atoms with van der Waals surface area (Å²) in [6.45, 7) is 6.27. The summed E-state index contributed by atoms with van der Waals surface area (Å²) < 4.78 is 0. The van der Waals surface area contributed by atoms with E-state index in [1.54, 1.807) is 12.1 Å². The summed E-state index contributed by atoms with van der Waals surface area (Å²) >= 11 is 11.5. The van der Waals surface area contributed by atoms with Crippen LogP contribution in [0.15, 0.2) is 36.5 Å². The van der Waals surface area contributed by atoms with Gasteiger partial charge in [-0.1, -0.05) is 56.1 Å².